The van der Waals surface area contributed by atoms with Gasteiger partial charge in [0.05, 0.1) is 22.1 Å². The number of hydrogen-bond acceptors (Lipinski definition) is 1. The molecule has 3 aromatic heterocycles. The summed E-state index contributed by atoms with van der Waals surface area (Å²) in [6, 6.07) is 54.1. The van der Waals surface area contributed by atoms with Gasteiger partial charge in [-0.25, -0.2) is 0 Å². The molecule has 0 saturated carbocycles. The van der Waals surface area contributed by atoms with Crippen LogP contribution in [0.25, 0.3) is 96.7 Å². The predicted molar refractivity (Wildman–Crippen MR) is 212 cm³/mol. The van der Waals surface area contributed by atoms with Crippen LogP contribution in [0.4, 0.5) is 0 Å². The van der Waals surface area contributed by atoms with E-state index in [2.05, 4.69) is 169 Å². The summed E-state index contributed by atoms with van der Waals surface area (Å²) in [7, 11) is 0. The third kappa shape index (κ3) is 3.55. The van der Waals surface area contributed by atoms with Crippen LogP contribution in [0.2, 0.25) is 0 Å². The van der Waals surface area contributed by atoms with Crippen LogP contribution in [0.5, 0.6) is 0 Å². The van der Waals surface area contributed by atoms with Crippen molar-refractivity contribution in [2.45, 2.75) is 13.8 Å². The van der Waals surface area contributed by atoms with Gasteiger partial charge in [-0.3, -0.25) is 0 Å². The molecule has 0 unspecified atom stereocenters. The Labute approximate surface area is 286 Å². The second kappa shape index (κ2) is 9.82. The first-order chi connectivity index (χ1) is 24.2. The van der Waals surface area contributed by atoms with E-state index in [4.69, 9.17) is 0 Å². The Balaban J connectivity index is 1.39. The van der Waals surface area contributed by atoms with Crippen molar-refractivity contribution in [3.8, 4) is 11.4 Å². The molecule has 0 aliphatic carbocycles. The minimum atomic E-state index is 1.22. The molecule has 8 aromatic carbocycles. The van der Waals surface area contributed by atoms with Gasteiger partial charge in [0, 0.05) is 53.1 Å². The molecule has 0 atom stereocenters. The summed E-state index contributed by atoms with van der Waals surface area (Å²) in [4.78, 5) is 0. The lowest BCUT2D eigenvalue weighted by Crippen LogP contribution is -2.03. The third-order valence-corrected chi connectivity index (χ3v) is 11.8. The van der Waals surface area contributed by atoms with Crippen molar-refractivity contribution in [2.24, 2.45) is 0 Å². The maximum Gasteiger partial charge on any atom is 0.0561 e. The molecule has 0 spiro atoms. The molecule has 0 aliphatic heterocycles. The lowest BCUT2D eigenvalue weighted by Gasteiger charge is -2.21. The fourth-order valence-electron chi connectivity index (χ4n) is 8.67. The number of hydrogen-bond donors (Lipinski definition) is 0. The summed E-state index contributed by atoms with van der Waals surface area (Å²) in [5.74, 6) is 0. The van der Waals surface area contributed by atoms with Crippen LogP contribution in [0, 0.1) is 13.8 Å². The van der Waals surface area contributed by atoms with Crippen molar-refractivity contribution in [3.63, 3.8) is 0 Å². The van der Waals surface area contributed by atoms with E-state index in [1.54, 1.807) is 0 Å². The van der Waals surface area contributed by atoms with Gasteiger partial charge in [0.1, 0.15) is 0 Å². The van der Waals surface area contributed by atoms with E-state index >= 15 is 0 Å². The minimum Gasteiger partial charge on any atom is -0.309 e. The zero-order chi connectivity index (χ0) is 32.4. The number of nitrogens with zero attached hydrogens (tertiary/aromatic N) is 2. The summed E-state index contributed by atoms with van der Waals surface area (Å²) >= 11 is 1.92. The van der Waals surface area contributed by atoms with E-state index in [0.29, 0.717) is 0 Å². The highest BCUT2D eigenvalue weighted by molar-refractivity contribution is 7.26. The van der Waals surface area contributed by atoms with Gasteiger partial charge >= 0.3 is 0 Å². The highest BCUT2D eigenvalue weighted by atomic mass is 32.1. The van der Waals surface area contributed by atoms with Crippen molar-refractivity contribution >= 4 is 96.7 Å². The molecule has 3 heterocycles. The van der Waals surface area contributed by atoms with Crippen molar-refractivity contribution in [1.29, 1.82) is 0 Å². The maximum absolute atomic E-state index is 2.50. The van der Waals surface area contributed by atoms with E-state index in [9.17, 15) is 0 Å². The lowest BCUT2D eigenvalue weighted by molar-refractivity contribution is 1.14. The Bertz CT molecular complexity index is 2970. The predicted octanol–water partition coefficient (Wildman–Crippen LogP) is 13.2. The first-order valence-corrected chi connectivity index (χ1v) is 17.8. The summed E-state index contributed by atoms with van der Waals surface area (Å²) < 4.78 is 7.62. The van der Waals surface area contributed by atoms with Gasteiger partial charge in [0.25, 0.3) is 0 Å². The molecule has 0 saturated heterocycles. The number of rotatable bonds is 2. The molecule has 0 bridgehead atoms. The van der Waals surface area contributed by atoms with Gasteiger partial charge in [-0.2, -0.15) is 0 Å². The normalized spacial score (nSPS) is 12.3. The van der Waals surface area contributed by atoms with E-state index in [1.165, 1.54) is 108 Å². The molecule has 0 radical (unpaired) electrons. The van der Waals surface area contributed by atoms with Crippen molar-refractivity contribution in [3.05, 3.63) is 157 Å². The summed E-state index contributed by atoms with van der Waals surface area (Å²) in [5, 5.41) is 13.1. The number of benzene rings is 8. The van der Waals surface area contributed by atoms with Crippen LogP contribution in [-0.4, -0.2) is 9.13 Å². The number of fused-ring (bicyclic) bond motifs is 9. The van der Waals surface area contributed by atoms with Gasteiger partial charge in [0.15, 0.2) is 0 Å². The van der Waals surface area contributed by atoms with E-state index in [-0.39, 0.29) is 0 Å². The molecule has 0 fully saturated rings. The Morgan fingerprint density at radius 2 is 0.735 bits per heavy atom. The topological polar surface area (TPSA) is 9.86 Å². The molecule has 49 heavy (non-hydrogen) atoms. The Morgan fingerprint density at radius 3 is 1.20 bits per heavy atom. The Hall–Kier alpha value is -5.90. The summed E-state index contributed by atoms with van der Waals surface area (Å²) in [5.41, 5.74) is 9.93. The number of thiophene rings is 1. The molecule has 0 N–H and O–H groups in total. The van der Waals surface area contributed by atoms with Crippen molar-refractivity contribution in [2.75, 3.05) is 0 Å². The number of para-hydroxylation sites is 4. The number of pyridine rings is 2. The zero-order valence-corrected chi connectivity index (χ0v) is 28.0. The van der Waals surface area contributed by atoms with Crippen LogP contribution in [0.15, 0.2) is 146 Å². The number of aromatic nitrogens is 2. The SMILES string of the molecule is Cc1ccccc1-n1c2ccccc2c2cccc3c4c(cc1c23)sc1cc2c3c(cccc3c14)c1ccccc1n2-c1ccccc1C. The smallest absolute Gasteiger partial charge is 0.0561 e. The van der Waals surface area contributed by atoms with Gasteiger partial charge in [0.2, 0.25) is 0 Å². The molecule has 0 aliphatic rings. The monoisotopic (exact) mass is 642 g/mol. The van der Waals surface area contributed by atoms with Crippen LogP contribution in [0.1, 0.15) is 11.1 Å². The van der Waals surface area contributed by atoms with E-state index in [1.807, 2.05) is 11.3 Å². The maximum atomic E-state index is 2.50. The fourth-order valence-corrected chi connectivity index (χ4v) is 9.88. The molecule has 2 nitrogen and oxygen atoms in total. The molecule has 0 amide bonds. The lowest BCUT2D eigenvalue weighted by atomic mass is 9.93. The van der Waals surface area contributed by atoms with Gasteiger partial charge < -0.3 is 9.13 Å². The minimum absolute atomic E-state index is 1.22. The molecular formula is C46H30N2S. The highest BCUT2D eigenvalue weighted by Gasteiger charge is 2.22. The molecular weight excluding hydrogens is 613 g/mol. The van der Waals surface area contributed by atoms with Crippen LogP contribution >= 0.6 is 11.3 Å². The summed E-state index contributed by atoms with van der Waals surface area (Å²) in [6.07, 6.45) is 0. The second-order valence-corrected chi connectivity index (χ2v) is 14.5. The van der Waals surface area contributed by atoms with E-state index in [0.717, 1.165) is 0 Å². The molecule has 230 valence electrons. The third-order valence-electron chi connectivity index (χ3n) is 10.7. The fraction of sp³-hybridized carbons (Fsp3) is 0.0435. The Morgan fingerprint density at radius 1 is 0.347 bits per heavy atom. The summed E-state index contributed by atoms with van der Waals surface area (Å²) in [6.45, 7) is 4.44. The number of aryl methyl sites for hydroxylation is 2. The first-order valence-electron chi connectivity index (χ1n) is 17.0. The molecule has 3 heteroatoms. The van der Waals surface area contributed by atoms with E-state index < -0.39 is 0 Å². The largest absolute Gasteiger partial charge is 0.309 e. The van der Waals surface area contributed by atoms with Crippen molar-refractivity contribution in [1.82, 2.24) is 9.13 Å². The first kappa shape index (κ1) is 27.1. The Kier molecular flexibility index (Phi) is 5.43. The molecule has 11 aromatic rings. The quantitative estimate of drug-likeness (QED) is 0.131. The van der Waals surface area contributed by atoms with Crippen molar-refractivity contribution < 1.29 is 0 Å². The van der Waals surface area contributed by atoms with Crippen LogP contribution in [-0.2, 0) is 0 Å². The van der Waals surface area contributed by atoms with Gasteiger partial charge in [-0.15, -0.1) is 11.3 Å². The average Bonchev–Trinajstić information content (AvgIpc) is 3.52. The second-order valence-electron chi connectivity index (χ2n) is 13.4. The van der Waals surface area contributed by atoms with Crippen LogP contribution in [0.3, 0.4) is 0 Å². The molecule has 11 rings (SSSR count). The highest BCUT2D eigenvalue weighted by Crippen LogP contribution is 2.49. The van der Waals surface area contributed by atoms with Gasteiger partial charge in [-0.05, 0) is 82.9 Å². The van der Waals surface area contributed by atoms with Gasteiger partial charge in [-0.1, -0.05) is 109 Å². The average molecular weight is 643 g/mol. The van der Waals surface area contributed by atoms with Crippen LogP contribution < -0.4 is 0 Å². The zero-order valence-electron chi connectivity index (χ0n) is 27.2. The standard InChI is InChI=1S/C46H30N2S/c1-27-13-3-7-21-35(27)47-37-23-9-5-15-29(37)31-17-11-19-33-43(31)39(47)25-41-45(33)46-34-20-12-18-32-30-16-6-10-24-38(30)48(36-22-8-4-14-28(36)2)40(44(32)34)26-42(46)49-41/h3-26H,1-2H3.